The molecule has 2 rings (SSSR count). The molecule has 0 saturated carbocycles. The average Bonchev–Trinajstić information content (AvgIpc) is 2.34. The minimum Gasteiger partial charge on any atom is -0.355 e. The van der Waals surface area contributed by atoms with E-state index in [2.05, 4.69) is 20.2 Å². The van der Waals surface area contributed by atoms with Crippen molar-refractivity contribution in [1.82, 2.24) is 15.3 Å². The molecule has 4 heteroatoms. The Balaban J connectivity index is 2.02. The van der Waals surface area contributed by atoms with Crippen LogP contribution in [-0.2, 0) is 0 Å². The van der Waals surface area contributed by atoms with E-state index in [1.165, 1.54) is 12.8 Å². The highest BCUT2D eigenvalue weighted by atomic mass is 15.2. The number of anilines is 1. The fraction of sp³-hybridized carbons (Fsp3) is 0.692. The van der Waals surface area contributed by atoms with Gasteiger partial charge in [0.25, 0.3) is 0 Å². The number of aryl methyl sites for hydroxylation is 2. The van der Waals surface area contributed by atoms with E-state index in [1.54, 1.807) is 0 Å². The first kappa shape index (κ1) is 12.3. The molecule has 0 spiro atoms. The summed E-state index contributed by atoms with van der Waals surface area (Å²) in [5.74, 6) is 1.89. The highest BCUT2D eigenvalue weighted by Crippen LogP contribution is 2.23. The minimum absolute atomic E-state index is 0.814. The number of rotatable bonds is 3. The summed E-state index contributed by atoms with van der Waals surface area (Å²) >= 11 is 0. The Hall–Kier alpha value is -1.16. The number of hydrogen-bond acceptors (Lipinski definition) is 4. The van der Waals surface area contributed by atoms with Gasteiger partial charge >= 0.3 is 0 Å². The summed E-state index contributed by atoms with van der Waals surface area (Å²) in [4.78, 5) is 11.4. The number of aromatic nitrogens is 2. The maximum atomic E-state index is 4.62. The molecular formula is C13H22N4. The molecule has 0 unspecified atom stereocenters. The van der Waals surface area contributed by atoms with E-state index in [9.17, 15) is 0 Å². The van der Waals surface area contributed by atoms with Crippen molar-refractivity contribution in [3.05, 3.63) is 17.6 Å². The van der Waals surface area contributed by atoms with Crippen molar-refractivity contribution in [3.63, 3.8) is 0 Å². The van der Waals surface area contributed by atoms with Crippen LogP contribution >= 0.6 is 0 Å². The fourth-order valence-electron chi connectivity index (χ4n) is 2.46. The van der Waals surface area contributed by atoms with Crippen LogP contribution in [0, 0.1) is 19.8 Å². The van der Waals surface area contributed by atoms with Gasteiger partial charge in [0.15, 0.2) is 0 Å². The van der Waals surface area contributed by atoms with Crippen molar-refractivity contribution < 1.29 is 0 Å². The average molecular weight is 234 g/mol. The predicted octanol–water partition coefficient (Wildman–Crippen LogP) is 1.53. The fourth-order valence-corrected chi connectivity index (χ4v) is 2.46. The molecule has 0 bridgehead atoms. The number of piperidine rings is 1. The van der Waals surface area contributed by atoms with E-state index in [4.69, 9.17) is 0 Å². The predicted molar refractivity (Wildman–Crippen MR) is 70.4 cm³/mol. The van der Waals surface area contributed by atoms with Gasteiger partial charge in [0.05, 0.1) is 11.4 Å². The van der Waals surface area contributed by atoms with Crippen LogP contribution in [0.5, 0.6) is 0 Å². The number of nitrogens with one attached hydrogen (secondary N) is 1. The van der Waals surface area contributed by atoms with Gasteiger partial charge in [-0.15, -0.1) is 0 Å². The van der Waals surface area contributed by atoms with Crippen LogP contribution < -0.4 is 10.2 Å². The lowest BCUT2D eigenvalue weighted by atomic mass is 9.97. The first-order valence-electron chi connectivity index (χ1n) is 6.40. The SMILES string of the molecule is CNCC1CCN(c2nc(C)cnc2C)CC1. The summed E-state index contributed by atoms with van der Waals surface area (Å²) in [5, 5.41) is 3.27. The van der Waals surface area contributed by atoms with Crippen LogP contribution in [0.2, 0.25) is 0 Å². The first-order valence-corrected chi connectivity index (χ1v) is 6.40. The Morgan fingerprint density at radius 3 is 2.71 bits per heavy atom. The molecule has 1 fully saturated rings. The van der Waals surface area contributed by atoms with Gasteiger partial charge in [0, 0.05) is 19.3 Å². The van der Waals surface area contributed by atoms with Gasteiger partial charge in [-0.25, -0.2) is 4.98 Å². The summed E-state index contributed by atoms with van der Waals surface area (Å²) in [6.45, 7) is 7.38. The van der Waals surface area contributed by atoms with Gasteiger partial charge < -0.3 is 10.2 Å². The first-order chi connectivity index (χ1) is 8.20. The third kappa shape index (κ3) is 2.94. The van der Waals surface area contributed by atoms with E-state index in [-0.39, 0.29) is 0 Å². The van der Waals surface area contributed by atoms with Crippen LogP contribution in [0.15, 0.2) is 6.20 Å². The highest BCUT2D eigenvalue weighted by molar-refractivity contribution is 5.43. The van der Waals surface area contributed by atoms with E-state index >= 15 is 0 Å². The minimum atomic E-state index is 0.814. The van der Waals surface area contributed by atoms with Gasteiger partial charge in [-0.1, -0.05) is 0 Å². The zero-order valence-electron chi connectivity index (χ0n) is 11.0. The van der Waals surface area contributed by atoms with Crippen molar-refractivity contribution in [2.75, 3.05) is 31.6 Å². The largest absolute Gasteiger partial charge is 0.355 e. The Morgan fingerprint density at radius 1 is 1.35 bits per heavy atom. The Morgan fingerprint density at radius 2 is 2.06 bits per heavy atom. The van der Waals surface area contributed by atoms with Gasteiger partial charge in [0.2, 0.25) is 0 Å². The van der Waals surface area contributed by atoms with Crippen LogP contribution in [-0.4, -0.2) is 36.6 Å². The van der Waals surface area contributed by atoms with Crippen molar-refractivity contribution in [2.45, 2.75) is 26.7 Å². The lowest BCUT2D eigenvalue weighted by molar-refractivity contribution is 0.392. The molecule has 17 heavy (non-hydrogen) atoms. The zero-order valence-corrected chi connectivity index (χ0v) is 11.0. The topological polar surface area (TPSA) is 41.0 Å². The molecule has 4 nitrogen and oxygen atoms in total. The van der Waals surface area contributed by atoms with Gasteiger partial charge in [-0.3, -0.25) is 4.98 Å². The summed E-state index contributed by atoms with van der Waals surface area (Å²) in [6, 6.07) is 0. The molecule has 0 amide bonds. The summed E-state index contributed by atoms with van der Waals surface area (Å²) in [7, 11) is 2.03. The summed E-state index contributed by atoms with van der Waals surface area (Å²) in [6.07, 6.45) is 4.33. The second-order valence-corrected chi connectivity index (χ2v) is 4.91. The molecule has 94 valence electrons. The highest BCUT2D eigenvalue weighted by Gasteiger charge is 2.21. The molecular weight excluding hydrogens is 212 g/mol. The van der Waals surface area contributed by atoms with E-state index in [0.29, 0.717) is 0 Å². The number of hydrogen-bond donors (Lipinski definition) is 1. The lowest BCUT2D eigenvalue weighted by Gasteiger charge is -2.33. The quantitative estimate of drug-likeness (QED) is 0.861. The molecule has 2 heterocycles. The zero-order chi connectivity index (χ0) is 12.3. The van der Waals surface area contributed by atoms with Crippen LogP contribution in [0.3, 0.4) is 0 Å². The van der Waals surface area contributed by atoms with Gasteiger partial charge in [-0.05, 0) is 46.2 Å². The molecule has 1 aliphatic heterocycles. The molecule has 1 aromatic rings. The molecule has 0 aromatic carbocycles. The van der Waals surface area contributed by atoms with Crippen molar-refractivity contribution >= 4 is 5.82 Å². The van der Waals surface area contributed by atoms with E-state index in [1.807, 2.05) is 27.1 Å². The van der Waals surface area contributed by atoms with Gasteiger partial charge in [0.1, 0.15) is 5.82 Å². The molecule has 0 atom stereocenters. The lowest BCUT2D eigenvalue weighted by Crippen LogP contribution is -2.37. The van der Waals surface area contributed by atoms with Crippen molar-refractivity contribution in [3.8, 4) is 0 Å². The third-order valence-electron chi connectivity index (χ3n) is 3.46. The third-order valence-corrected chi connectivity index (χ3v) is 3.46. The van der Waals surface area contributed by atoms with Crippen molar-refractivity contribution in [1.29, 1.82) is 0 Å². The summed E-state index contributed by atoms with van der Waals surface area (Å²) in [5.41, 5.74) is 2.05. The Bertz CT molecular complexity index is 370. The molecule has 0 radical (unpaired) electrons. The molecule has 1 aromatic heterocycles. The Kier molecular flexibility index (Phi) is 3.94. The molecule has 1 N–H and O–H groups in total. The van der Waals surface area contributed by atoms with E-state index in [0.717, 1.165) is 42.8 Å². The second-order valence-electron chi connectivity index (χ2n) is 4.91. The van der Waals surface area contributed by atoms with Crippen LogP contribution in [0.4, 0.5) is 5.82 Å². The van der Waals surface area contributed by atoms with Gasteiger partial charge in [-0.2, -0.15) is 0 Å². The maximum Gasteiger partial charge on any atom is 0.150 e. The smallest absolute Gasteiger partial charge is 0.150 e. The Labute approximate surface area is 103 Å². The summed E-state index contributed by atoms with van der Waals surface area (Å²) < 4.78 is 0. The van der Waals surface area contributed by atoms with Crippen LogP contribution in [0.1, 0.15) is 24.2 Å². The monoisotopic (exact) mass is 234 g/mol. The molecule has 1 aliphatic rings. The molecule has 1 saturated heterocycles. The number of nitrogens with zero attached hydrogens (tertiary/aromatic N) is 3. The standard InChI is InChI=1S/C13H22N4/c1-10-8-15-11(2)13(16-10)17-6-4-12(5-7-17)9-14-3/h8,12,14H,4-7,9H2,1-3H3. The normalized spacial score (nSPS) is 17.5. The molecule has 0 aliphatic carbocycles. The second kappa shape index (κ2) is 5.45. The van der Waals surface area contributed by atoms with Crippen molar-refractivity contribution in [2.24, 2.45) is 5.92 Å². The maximum absolute atomic E-state index is 4.62. The van der Waals surface area contributed by atoms with Crippen LogP contribution in [0.25, 0.3) is 0 Å². The van der Waals surface area contributed by atoms with E-state index < -0.39 is 0 Å².